The lowest BCUT2D eigenvalue weighted by atomic mass is 9.78. The van der Waals surface area contributed by atoms with Crippen molar-refractivity contribution in [3.63, 3.8) is 0 Å². The van der Waals surface area contributed by atoms with Crippen LogP contribution in [0.25, 0.3) is 0 Å². The van der Waals surface area contributed by atoms with Gasteiger partial charge < -0.3 is 14.5 Å². The molecule has 5 nitrogen and oxygen atoms in total. The van der Waals surface area contributed by atoms with Gasteiger partial charge >= 0.3 is 0 Å². The monoisotopic (exact) mass is 481 g/mol. The zero-order chi connectivity index (χ0) is 25.4. The summed E-state index contributed by atoms with van der Waals surface area (Å²) in [6, 6.07) is 14.7. The van der Waals surface area contributed by atoms with Crippen LogP contribution in [0.4, 0.5) is 20.2 Å². The number of rotatable bonds is 10. The zero-order valence-corrected chi connectivity index (χ0v) is 20.6. The van der Waals surface area contributed by atoms with Crippen LogP contribution >= 0.6 is 0 Å². The fourth-order valence-corrected chi connectivity index (χ4v) is 4.76. The van der Waals surface area contributed by atoms with Crippen LogP contribution in [0.5, 0.6) is 5.75 Å². The molecule has 0 aliphatic heterocycles. The Kier molecular flexibility index (Phi) is 8.86. The van der Waals surface area contributed by atoms with Crippen molar-refractivity contribution in [3.8, 4) is 11.8 Å². The average molecular weight is 482 g/mol. The second-order valence-corrected chi connectivity index (χ2v) is 9.00. The lowest BCUT2D eigenvalue weighted by Crippen LogP contribution is -2.44. The molecule has 0 aromatic heterocycles. The van der Waals surface area contributed by atoms with Gasteiger partial charge in [-0.15, -0.1) is 0 Å². The lowest BCUT2D eigenvalue weighted by Gasteiger charge is -2.40. The predicted molar refractivity (Wildman–Crippen MR) is 135 cm³/mol. The molecule has 0 bridgehead atoms. The predicted octanol–water partition coefficient (Wildman–Crippen LogP) is 6.32. The first-order valence-corrected chi connectivity index (χ1v) is 12.0. The molecule has 186 valence electrons. The van der Waals surface area contributed by atoms with Crippen molar-refractivity contribution in [2.24, 2.45) is 11.8 Å². The van der Waals surface area contributed by atoms with Gasteiger partial charge in [0.25, 0.3) is 5.92 Å². The number of benzene rings is 2. The summed E-state index contributed by atoms with van der Waals surface area (Å²) >= 11 is 0. The molecular formula is C28H33F2N3O2. The van der Waals surface area contributed by atoms with Crippen molar-refractivity contribution in [2.75, 3.05) is 29.5 Å². The van der Waals surface area contributed by atoms with E-state index < -0.39 is 11.8 Å². The van der Waals surface area contributed by atoms with Crippen molar-refractivity contribution in [1.29, 1.82) is 5.26 Å². The Hall–Kier alpha value is -3.40. The van der Waals surface area contributed by atoms with Crippen molar-refractivity contribution in [2.45, 2.75) is 46.0 Å². The van der Waals surface area contributed by atoms with Gasteiger partial charge in [0, 0.05) is 31.1 Å². The second kappa shape index (κ2) is 11.8. The number of hydrogen-bond acceptors (Lipinski definition) is 4. The molecule has 0 heterocycles. The van der Waals surface area contributed by atoms with Gasteiger partial charge in [0.15, 0.2) is 0 Å². The van der Waals surface area contributed by atoms with Crippen LogP contribution in [-0.2, 0) is 4.79 Å². The minimum Gasteiger partial charge on any atom is -0.492 e. The summed E-state index contributed by atoms with van der Waals surface area (Å²) in [7, 11) is 0. The first kappa shape index (κ1) is 26.2. The molecule has 1 fully saturated rings. The van der Waals surface area contributed by atoms with E-state index >= 15 is 8.78 Å². The summed E-state index contributed by atoms with van der Waals surface area (Å²) in [4.78, 5) is 15.4. The molecule has 35 heavy (non-hydrogen) atoms. The molecule has 2 aromatic carbocycles. The van der Waals surface area contributed by atoms with Crippen LogP contribution in [0.1, 0.15) is 44.2 Å². The number of anilines is 2. The number of allylic oxidation sites excluding steroid dienone is 1. The zero-order valence-electron chi connectivity index (χ0n) is 20.6. The highest BCUT2D eigenvalue weighted by Crippen LogP contribution is 2.43. The third-order valence-corrected chi connectivity index (χ3v) is 6.55. The lowest BCUT2D eigenvalue weighted by molar-refractivity contribution is -0.108. The number of aryl methyl sites for hydroxylation is 1. The fourth-order valence-electron chi connectivity index (χ4n) is 4.76. The van der Waals surface area contributed by atoms with Crippen molar-refractivity contribution >= 4 is 17.8 Å². The highest BCUT2D eigenvalue weighted by molar-refractivity contribution is 5.78. The van der Waals surface area contributed by atoms with E-state index in [2.05, 4.69) is 6.07 Å². The maximum absolute atomic E-state index is 15.1. The Balaban J connectivity index is 1.81. The summed E-state index contributed by atoms with van der Waals surface area (Å²) in [5.41, 5.74) is 2.80. The molecular weight excluding hydrogens is 448 g/mol. The highest BCUT2D eigenvalue weighted by atomic mass is 19.3. The largest absolute Gasteiger partial charge is 0.492 e. The number of nitrogens with zero attached hydrogens (tertiary/aromatic N) is 3. The molecule has 2 aromatic rings. The van der Waals surface area contributed by atoms with E-state index in [1.54, 1.807) is 29.3 Å². The first-order chi connectivity index (χ1) is 16.8. The smallest absolute Gasteiger partial charge is 0.252 e. The van der Waals surface area contributed by atoms with Gasteiger partial charge in [0.2, 0.25) is 6.41 Å². The Bertz CT molecular complexity index is 1080. The standard InChI is InChI=1S/C28H33F2N3O2/c1-4-14-32(26-16-22(17-31)11-10-21(26)3)19-24-15-23(12-13-28(24,29)30)18-33(20-34)25-8-6-7-9-27(25)35-5-2/h4,6-11,14,16,20,23-24H,5,12-13,15,18-19H2,1-3H3/b14-4-. The molecule has 1 saturated carbocycles. The number of amides is 1. The van der Waals surface area contributed by atoms with Gasteiger partial charge in [-0.1, -0.05) is 24.3 Å². The summed E-state index contributed by atoms with van der Waals surface area (Å²) in [6.45, 7) is 6.57. The van der Waals surface area contributed by atoms with Crippen LogP contribution in [0.15, 0.2) is 54.7 Å². The number of carbonyl (C=O) groups excluding carboxylic acids is 1. The van der Waals surface area contributed by atoms with E-state index in [-0.39, 0.29) is 18.9 Å². The number of hydrogen-bond donors (Lipinski definition) is 0. The molecule has 1 aliphatic rings. The van der Waals surface area contributed by atoms with Gasteiger partial charge in [-0.25, -0.2) is 8.78 Å². The summed E-state index contributed by atoms with van der Waals surface area (Å²) in [5, 5.41) is 9.31. The SMILES string of the molecule is C/C=C\N(CC1CC(CN(C=O)c2ccccc2OCC)CCC1(F)F)c1cc(C#N)ccc1C. The maximum atomic E-state index is 15.1. The number of ether oxygens (including phenoxy) is 1. The molecule has 1 aliphatic carbocycles. The van der Waals surface area contributed by atoms with E-state index in [0.717, 1.165) is 17.7 Å². The summed E-state index contributed by atoms with van der Waals surface area (Å²) < 4.78 is 35.9. The van der Waals surface area contributed by atoms with Crippen LogP contribution in [0.3, 0.4) is 0 Å². The Morgan fingerprint density at radius 3 is 2.63 bits per heavy atom. The molecule has 0 radical (unpaired) electrons. The van der Waals surface area contributed by atoms with Crippen molar-refractivity contribution in [3.05, 3.63) is 65.9 Å². The van der Waals surface area contributed by atoms with E-state index in [1.165, 1.54) is 0 Å². The second-order valence-electron chi connectivity index (χ2n) is 9.00. The van der Waals surface area contributed by atoms with E-state index in [1.807, 2.05) is 56.0 Å². The van der Waals surface area contributed by atoms with Gasteiger partial charge in [-0.2, -0.15) is 5.26 Å². The third-order valence-electron chi connectivity index (χ3n) is 6.55. The van der Waals surface area contributed by atoms with Crippen LogP contribution in [0.2, 0.25) is 0 Å². The molecule has 0 N–H and O–H groups in total. The van der Waals surface area contributed by atoms with E-state index in [0.29, 0.717) is 43.0 Å². The van der Waals surface area contributed by atoms with Crippen molar-refractivity contribution < 1.29 is 18.3 Å². The van der Waals surface area contributed by atoms with Crippen LogP contribution in [0, 0.1) is 30.1 Å². The molecule has 2 atom stereocenters. The van der Waals surface area contributed by atoms with Crippen molar-refractivity contribution in [1.82, 2.24) is 0 Å². The number of alkyl halides is 2. The fraction of sp³-hybridized carbons (Fsp3) is 0.429. The molecule has 2 unspecified atom stereocenters. The number of halogens is 2. The minimum atomic E-state index is -2.81. The maximum Gasteiger partial charge on any atom is 0.252 e. The van der Waals surface area contributed by atoms with Crippen LogP contribution < -0.4 is 14.5 Å². The number of carbonyl (C=O) groups is 1. The molecule has 7 heteroatoms. The van der Waals surface area contributed by atoms with Gasteiger partial charge in [0.1, 0.15) is 5.75 Å². The average Bonchev–Trinajstić information content (AvgIpc) is 2.85. The Labute approximate surface area is 206 Å². The van der Waals surface area contributed by atoms with E-state index in [9.17, 15) is 10.1 Å². The molecule has 3 rings (SSSR count). The topological polar surface area (TPSA) is 56.6 Å². The molecule has 0 saturated heterocycles. The highest BCUT2D eigenvalue weighted by Gasteiger charge is 2.45. The summed E-state index contributed by atoms with van der Waals surface area (Å²) in [5.74, 6) is -3.17. The Morgan fingerprint density at radius 1 is 1.17 bits per heavy atom. The van der Waals surface area contributed by atoms with E-state index in [4.69, 9.17) is 4.74 Å². The number of nitriles is 1. The van der Waals surface area contributed by atoms with Gasteiger partial charge in [0.05, 0.1) is 23.9 Å². The van der Waals surface area contributed by atoms with Gasteiger partial charge in [-0.3, -0.25) is 4.79 Å². The molecule has 1 amide bonds. The quantitative estimate of drug-likeness (QED) is 0.373. The Morgan fingerprint density at radius 2 is 1.94 bits per heavy atom. The van der Waals surface area contributed by atoms with Crippen LogP contribution in [-0.4, -0.2) is 32.0 Å². The third kappa shape index (κ3) is 6.39. The minimum absolute atomic E-state index is 0.0708. The summed E-state index contributed by atoms with van der Waals surface area (Å²) in [6.07, 6.45) is 4.77. The number of para-hydroxylation sites is 2. The first-order valence-electron chi connectivity index (χ1n) is 12.0. The molecule has 0 spiro atoms. The van der Waals surface area contributed by atoms with Gasteiger partial charge in [-0.05, 0) is 75.6 Å². The normalized spacial score (nSPS) is 19.2.